The first kappa shape index (κ1) is 31.7. The van der Waals surface area contributed by atoms with E-state index in [0.717, 1.165) is 35.3 Å². The fraction of sp³-hybridized carbons (Fsp3) is 0.387. The molecular formula is C31H41O4Sb. The van der Waals surface area contributed by atoms with Crippen LogP contribution in [0, 0.1) is 5.41 Å². The Kier molecular flexibility index (Phi) is 13.3. The molecule has 1 fully saturated rings. The molecule has 0 aromatic heterocycles. The van der Waals surface area contributed by atoms with E-state index >= 15 is 0 Å². The quantitative estimate of drug-likeness (QED) is 0.227. The summed E-state index contributed by atoms with van der Waals surface area (Å²) in [6.07, 6.45) is 1.88. The van der Waals surface area contributed by atoms with Gasteiger partial charge in [-0.1, -0.05) is 89.2 Å². The van der Waals surface area contributed by atoms with Crippen LogP contribution in [0.25, 0.3) is 0 Å². The third kappa shape index (κ3) is 7.37. The van der Waals surface area contributed by atoms with Gasteiger partial charge in [-0.2, -0.15) is 0 Å². The van der Waals surface area contributed by atoms with Crippen molar-refractivity contribution in [1.29, 1.82) is 0 Å². The van der Waals surface area contributed by atoms with Crippen molar-refractivity contribution in [1.82, 2.24) is 0 Å². The third-order valence-electron chi connectivity index (χ3n) is 6.21. The molecule has 36 heavy (non-hydrogen) atoms. The van der Waals surface area contributed by atoms with E-state index in [1.54, 1.807) is 19.1 Å². The van der Waals surface area contributed by atoms with Crippen LogP contribution in [0.3, 0.4) is 0 Å². The zero-order valence-electron chi connectivity index (χ0n) is 22.5. The molecule has 0 spiro atoms. The molecule has 0 heterocycles. The number of ether oxygens (including phenoxy) is 2. The van der Waals surface area contributed by atoms with Gasteiger partial charge in [-0.15, -0.1) is 0 Å². The minimum absolute atomic E-state index is 0. The molecule has 3 aromatic rings. The fourth-order valence-corrected chi connectivity index (χ4v) is 4.01. The third-order valence-corrected chi connectivity index (χ3v) is 6.21. The Morgan fingerprint density at radius 2 is 1.36 bits per heavy atom. The van der Waals surface area contributed by atoms with Gasteiger partial charge >= 0.3 is 30.4 Å². The van der Waals surface area contributed by atoms with Gasteiger partial charge in [-0.3, -0.25) is 0 Å². The molecule has 4 rings (SSSR count). The molecule has 194 valence electrons. The van der Waals surface area contributed by atoms with E-state index < -0.39 is 5.60 Å². The molecule has 5 heteroatoms. The monoisotopic (exact) mass is 598 g/mol. The van der Waals surface area contributed by atoms with E-state index in [-0.39, 0.29) is 35.8 Å². The van der Waals surface area contributed by atoms with Crippen LogP contribution in [-0.4, -0.2) is 42.1 Å². The number of carbonyl (C=O) groups is 1. The van der Waals surface area contributed by atoms with Gasteiger partial charge in [0.05, 0.1) is 12.2 Å². The molecular weight excluding hydrogens is 558 g/mol. The Morgan fingerprint density at radius 1 is 0.861 bits per heavy atom. The SMILES string of the molecule is CC.CC.CCOC(=O)c1ccc(C(O)(c2ccc(OCc3ccccc3)cc2)C2(C)CC2)cc1.[SbH]. The van der Waals surface area contributed by atoms with Crippen LogP contribution in [0.4, 0.5) is 0 Å². The first-order valence-corrected chi connectivity index (χ1v) is 12.7. The number of rotatable bonds is 8. The van der Waals surface area contributed by atoms with E-state index in [4.69, 9.17) is 9.47 Å². The molecule has 0 saturated heterocycles. The van der Waals surface area contributed by atoms with Gasteiger partial charge in [0, 0.05) is 5.41 Å². The minimum atomic E-state index is -1.14. The molecule has 0 aliphatic heterocycles. The van der Waals surface area contributed by atoms with Crippen molar-refractivity contribution in [2.75, 3.05) is 6.61 Å². The van der Waals surface area contributed by atoms with Crippen LogP contribution in [0.1, 0.15) is 81.4 Å². The van der Waals surface area contributed by atoms with Crippen molar-refractivity contribution in [3.8, 4) is 5.75 Å². The van der Waals surface area contributed by atoms with E-state index in [1.165, 1.54) is 0 Å². The molecule has 1 aliphatic carbocycles. The van der Waals surface area contributed by atoms with Crippen molar-refractivity contribution in [2.24, 2.45) is 5.41 Å². The molecule has 1 N–H and O–H groups in total. The maximum absolute atomic E-state index is 12.0. The van der Waals surface area contributed by atoms with Crippen LogP contribution in [0.15, 0.2) is 78.9 Å². The molecule has 1 unspecified atom stereocenters. The summed E-state index contributed by atoms with van der Waals surface area (Å²) < 4.78 is 11.0. The van der Waals surface area contributed by atoms with E-state index in [9.17, 15) is 9.90 Å². The number of hydrogen-bond donors (Lipinski definition) is 1. The van der Waals surface area contributed by atoms with E-state index in [1.807, 2.05) is 94.4 Å². The summed E-state index contributed by atoms with van der Waals surface area (Å²) in [6.45, 7) is 12.7. The molecule has 3 aromatic carbocycles. The summed E-state index contributed by atoms with van der Waals surface area (Å²) in [5, 5.41) is 11.9. The van der Waals surface area contributed by atoms with Gasteiger partial charge in [0.25, 0.3) is 0 Å². The van der Waals surface area contributed by atoms with Crippen molar-refractivity contribution >= 4 is 30.4 Å². The average molecular weight is 599 g/mol. The fourth-order valence-electron chi connectivity index (χ4n) is 4.01. The Hall–Kier alpha value is -2.29. The van der Waals surface area contributed by atoms with Gasteiger partial charge in [0.1, 0.15) is 18.0 Å². The Morgan fingerprint density at radius 3 is 1.83 bits per heavy atom. The number of carbonyl (C=O) groups excluding carboxylic acids is 1. The molecule has 1 saturated carbocycles. The van der Waals surface area contributed by atoms with Crippen LogP contribution in [-0.2, 0) is 16.9 Å². The molecule has 0 amide bonds. The maximum atomic E-state index is 12.0. The normalized spacial score (nSPS) is 14.3. The van der Waals surface area contributed by atoms with Crippen LogP contribution in [0.2, 0.25) is 0 Å². The predicted molar refractivity (Wildman–Crippen MR) is 150 cm³/mol. The molecule has 0 bridgehead atoms. The molecule has 2 radical (unpaired) electrons. The van der Waals surface area contributed by atoms with Gasteiger partial charge in [0.15, 0.2) is 0 Å². The summed E-state index contributed by atoms with van der Waals surface area (Å²) in [4.78, 5) is 12.0. The molecule has 4 nitrogen and oxygen atoms in total. The number of esters is 1. The Balaban J connectivity index is 0.00000123. The topological polar surface area (TPSA) is 55.8 Å². The van der Waals surface area contributed by atoms with Crippen LogP contribution < -0.4 is 4.74 Å². The molecule has 1 aliphatic rings. The van der Waals surface area contributed by atoms with Crippen molar-refractivity contribution in [2.45, 2.75) is 66.6 Å². The standard InChI is InChI=1S/C27H28O4.2C2H6.Sb.H/c1-3-30-25(28)21-9-11-22(12-10-21)27(29,26(2)17-18-26)23-13-15-24(16-14-23)31-19-20-7-5-4-6-8-20;2*1-2;;/h4-16,29H,3,17-19H2,1-2H3;2*1-2H3;;. The first-order valence-electron chi connectivity index (χ1n) is 12.7. The summed E-state index contributed by atoms with van der Waals surface area (Å²) >= 11 is 0. The van der Waals surface area contributed by atoms with Gasteiger partial charge in [-0.25, -0.2) is 4.79 Å². The number of benzene rings is 3. The van der Waals surface area contributed by atoms with Gasteiger partial charge < -0.3 is 14.6 Å². The van der Waals surface area contributed by atoms with E-state index in [2.05, 4.69) is 6.92 Å². The summed E-state index contributed by atoms with van der Waals surface area (Å²) in [6, 6.07) is 24.8. The molecule has 1 atom stereocenters. The van der Waals surface area contributed by atoms with Gasteiger partial charge in [-0.05, 0) is 60.7 Å². The average Bonchev–Trinajstić information content (AvgIpc) is 3.69. The van der Waals surface area contributed by atoms with Crippen LogP contribution >= 0.6 is 0 Å². The Labute approximate surface area is 234 Å². The van der Waals surface area contributed by atoms with Gasteiger partial charge in [0.2, 0.25) is 0 Å². The van der Waals surface area contributed by atoms with Crippen molar-refractivity contribution < 1.29 is 19.4 Å². The second-order valence-corrected chi connectivity index (χ2v) is 8.37. The van der Waals surface area contributed by atoms with Crippen molar-refractivity contribution in [3.05, 3.63) is 101 Å². The second kappa shape index (κ2) is 15.1. The summed E-state index contributed by atoms with van der Waals surface area (Å²) in [5.74, 6) is 0.406. The summed E-state index contributed by atoms with van der Waals surface area (Å²) in [7, 11) is 0. The van der Waals surface area contributed by atoms with E-state index in [0.29, 0.717) is 18.8 Å². The zero-order valence-corrected chi connectivity index (χ0v) is 25.4. The van der Waals surface area contributed by atoms with Crippen LogP contribution in [0.5, 0.6) is 5.75 Å². The number of hydrogen-bond acceptors (Lipinski definition) is 4. The number of aliphatic hydroxyl groups is 1. The predicted octanol–water partition coefficient (Wildman–Crippen LogP) is 6.88. The Bertz CT molecular complexity index is 1030. The zero-order chi connectivity index (χ0) is 25.9. The first-order chi connectivity index (χ1) is 17.0. The summed E-state index contributed by atoms with van der Waals surface area (Å²) in [5.41, 5.74) is 1.80. The van der Waals surface area contributed by atoms with Crippen molar-refractivity contribution in [3.63, 3.8) is 0 Å². The second-order valence-electron chi connectivity index (χ2n) is 8.37.